The third-order valence-electron chi connectivity index (χ3n) is 5.65. The first-order valence-corrected chi connectivity index (χ1v) is 12.5. The van der Waals surface area contributed by atoms with Gasteiger partial charge in [0.05, 0.1) is 12.5 Å². The molecule has 0 aliphatic rings. The monoisotopic (exact) mass is 579 g/mol. The molecule has 0 aliphatic carbocycles. The molecule has 1 rings (SSSR count). The number of amides is 5. The van der Waals surface area contributed by atoms with Crippen LogP contribution in [0.3, 0.4) is 0 Å². The molecular formula is C24H37N9O8. The van der Waals surface area contributed by atoms with Crippen LogP contribution in [0.25, 0.3) is 0 Å². The minimum Gasteiger partial charge on any atom is -0.508 e. The van der Waals surface area contributed by atoms with E-state index in [0.717, 1.165) is 0 Å². The molecule has 0 heterocycles. The van der Waals surface area contributed by atoms with Gasteiger partial charge in [-0.3, -0.25) is 29.0 Å². The van der Waals surface area contributed by atoms with Crippen molar-refractivity contribution >= 4 is 41.5 Å². The number of benzene rings is 1. The van der Waals surface area contributed by atoms with Gasteiger partial charge in [0.15, 0.2) is 5.96 Å². The number of hydrogen-bond donors (Lipinski definition) is 10. The Hall–Kier alpha value is -4.93. The maximum Gasteiger partial charge on any atom is 0.326 e. The van der Waals surface area contributed by atoms with E-state index in [2.05, 4.69) is 20.9 Å². The van der Waals surface area contributed by atoms with Crippen molar-refractivity contribution < 1.29 is 39.0 Å². The number of hydrogen-bond acceptors (Lipinski definition) is 9. The van der Waals surface area contributed by atoms with Crippen LogP contribution in [-0.2, 0) is 35.2 Å². The van der Waals surface area contributed by atoms with Gasteiger partial charge in [0.1, 0.15) is 23.9 Å². The van der Waals surface area contributed by atoms with E-state index in [1.165, 1.54) is 24.3 Å². The van der Waals surface area contributed by atoms with Crippen LogP contribution in [0.4, 0.5) is 0 Å². The van der Waals surface area contributed by atoms with Crippen molar-refractivity contribution in [3.8, 4) is 5.75 Å². The normalized spacial score (nSPS) is 13.5. The molecule has 0 saturated heterocycles. The summed E-state index contributed by atoms with van der Waals surface area (Å²) < 4.78 is 0. The van der Waals surface area contributed by atoms with Gasteiger partial charge >= 0.3 is 5.97 Å². The molecule has 0 spiro atoms. The summed E-state index contributed by atoms with van der Waals surface area (Å²) in [5, 5.41) is 26.0. The van der Waals surface area contributed by atoms with E-state index in [9.17, 15) is 39.0 Å². The highest BCUT2D eigenvalue weighted by Crippen LogP contribution is 2.12. The number of nitrogens with two attached hydrogens (primary N) is 5. The maximum absolute atomic E-state index is 13.1. The lowest BCUT2D eigenvalue weighted by Gasteiger charge is -2.25. The molecule has 0 saturated carbocycles. The van der Waals surface area contributed by atoms with Crippen molar-refractivity contribution in [3.63, 3.8) is 0 Å². The average Bonchev–Trinajstić information content (AvgIpc) is 2.88. The molecule has 17 nitrogen and oxygen atoms in total. The van der Waals surface area contributed by atoms with Crippen molar-refractivity contribution in [2.75, 3.05) is 6.54 Å². The zero-order valence-electron chi connectivity index (χ0n) is 22.2. The zero-order chi connectivity index (χ0) is 31.1. The van der Waals surface area contributed by atoms with Crippen LogP contribution >= 0.6 is 0 Å². The Balaban J connectivity index is 3.10. The number of primary amides is 2. The van der Waals surface area contributed by atoms with E-state index in [1.807, 2.05) is 0 Å². The number of carboxylic acid groups (broad SMARTS) is 1. The van der Waals surface area contributed by atoms with Crippen molar-refractivity contribution in [1.82, 2.24) is 16.0 Å². The fraction of sp³-hybridized carbons (Fsp3) is 0.458. The molecule has 4 unspecified atom stereocenters. The lowest BCUT2D eigenvalue weighted by Crippen LogP contribution is -2.58. The van der Waals surface area contributed by atoms with Crippen LogP contribution in [0.5, 0.6) is 5.75 Å². The summed E-state index contributed by atoms with van der Waals surface area (Å²) in [5.41, 5.74) is 27.1. The molecule has 0 aliphatic heterocycles. The first-order valence-electron chi connectivity index (χ1n) is 12.5. The van der Waals surface area contributed by atoms with E-state index in [1.54, 1.807) is 0 Å². The van der Waals surface area contributed by atoms with Crippen LogP contribution in [-0.4, -0.2) is 82.4 Å². The van der Waals surface area contributed by atoms with Gasteiger partial charge in [-0.2, -0.15) is 0 Å². The number of carbonyl (C=O) groups is 6. The molecule has 41 heavy (non-hydrogen) atoms. The number of carboxylic acids is 1. The Bertz CT molecular complexity index is 1120. The Morgan fingerprint density at radius 2 is 1.34 bits per heavy atom. The Morgan fingerprint density at radius 3 is 1.88 bits per heavy atom. The lowest BCUT2D eigenvalue weighted by molar-refractivity contribution is -0.142. The minimum atomic E-state index is -1.52. The first kappa shape index (κ1) is 34.1. The number of rotatable bonds is 18. The topological polar surface area (TPSA) is 321 Å². The first-order chi connectivity index (χ1) is 19.2. The highest BCUT2D eigenvalue weighted by Gasteiger charge is 2.31. The summed E-state index contributed by atoms with van der Waals surface area (Å²) in [6.45, 7) is 0.208. The molecular weight excluding hydrogens is 542 g/mol. The molecule has 0 fully saturated rings. The molecule has 0 aromatic heterocycles. The van der Waals surface area contributed by atoms with Gasteiger partial charge in [-0.15, -0.1) is 0 Å². The van der Waals surface area contributed by atoms with Crippen molar-refractivity contribution in [2.45, 2.75) is 62.7 Å². The summed E-state index contributed by atoms with van der Waals surface area (Å²) in [6.07, 6.45) is -0.970. The number of aliphatic carboxylic acids is 1. The van der Waals surface area contributed by atoms with Crippen LogP contribution in [0.1, 0.15) is 37.7 Å². The van der Waals surface area contributed by atoms with E-state index in [0.29, 0.717) is 12.0 Å². The number of nitrogens with zero attached hydrogens (tertiary/aromatic N) is 1. The fourth-order valence-corrected chi connectivity index (χ4v) is 3.51. The number of phenolic OH excluding ortho intramolecular Hbond substituents is 1. The van der Waals surface area contributed by atoms with Crippen LogP contribution in [0.15, 0.2) is 29.3 Å². The zero-order valence-corrected chi connectivity index (χ0v) is 22.2. The SMILES string of the molecule is NC(=O)CCC(NC(=O)C(Cc1ccc(O)cc1)NC(=O)C(CC(N)=O)NC(=O)C(N)CCCN=C(N)N)C(=O)O. The largest absolute Gasteiger partial charge is 0.508 e. The van der Waals surface area contributed by atoms with Crippen molar-refractivity contribution in [2.24, 2.45) is 33.7 Å². The molecule has 226 valence electrons. The number of guanidine groups is 1. The lowest BCUT2D eigenvalue weighted by atomic mass is 10.0. The van der Waals surface area contributed by atoms with Gasteiger partial charge < -0.3 is 54.8 Å². The van der Waals surface area contributed by atoms with E-state index in [4.69, 9.17) is 28.7 Å². The average molecular weight is 580 g/mol. The van der Waals surface area contributed by atoms with Crippen molar-refractivity contribution in [1.29, 1.82) is 0 Å². The predicted molar refractivity (Wildman–Crippen MR) is 145 cm³/mol. The number of nitrogens with one attached hydrogen (secondary N) is 3. The molecule has 0 radical (unpaired) electrons. The fourth-order valence-electron chi connectivity index (χ4n) is 3.51. The second-order valence-corrected chi connectivity index (χ2v) is 9.12. The summed E-state index contributed by atoms with van der Waals surface area (Å²) >= 11 is 0. The molecule has 1 aromatic rings. The second kappa shape index (κ2) is 16.9. The van der Waals surface area contributed by atoms with Gasteiger partial charge in [0.2, 0.25) is 29.5 Å². The summed E-state index contributed by atoms with van der Waals surface area (Å²) in [5.74, 6) is -6.06. The number of phenols is 1. The summed E-state index contributed by atoms with van der Waals surface area (Å²) in [6, 6.07) is 0.0681. The maximum atomic E-state index is 13.1. The second-order valence-electron chi connectivity index (χ2n) is 9.12. The standard InChI is InChI=1S/C24H37N9O8/c25-14(2-1-9-30-24(28)29)20(37)32-17(11-19(27)36)22(39)33-16(10-12-3-5-13(34)6-4-12)21(38)31-15(23(40)41)7-8-18(26)35/h3-6,14-17,34H,1-2,7-11,25H2,(H2,26,35)(H2,27,36)(H,31,38)(H,32,37)(H,33,39)(H,40,41)(H4,28,29,30). The molecule has 15 N–H and O–H groups in total. The third kappa shape index (κ3) is 13.6. The Morgan fingerprint density at radius 1 is 0.780 bits per heavy atom. The smallest absolute Gasteiger partial charge is 0.326 e. The molecule has 1 aromatic carbocycles. The third-order valence-corrected chi connectivity index (χ3v) is 5.65. The molecule has 5 amide bonds. The van der Waals surface area contributed by atoms with Gasteiger partial charge in [-0.1, -0.05) is 12.1 Å². The highest BCUT2D eigenvalue weighted by atomic mass is 16.4. The van der Waals surface area contributed by atoms with Gasteiger partial charge in [-0.05, 0) is 37.0 Å². The minimum absolute atomic E-state index is 0.0601. The van der Waals surface area contributed by atoms with E-state index >= 15 is 0 Å². The summed E-state index contributed by atoms with van der Waals surface area (Å²) in [7, 11) is 0. The molecule has 17 heteroatoms. The van der Waals surface area contributed by atoms with E-state index in [-0.39, 0.29) is 43.9 Å². The highest BCUT2D eigenvalue weighted by molar-refractivity contribution is 5.96. The quantitative estimate of drug-likeness (QED) is 0.0453. The van der Waals surface area contributed by atoms with Gasteiger partial charge in [0.25, 0.3) is 0 Å². The Kier molecular flexibility index (Phi) is 14.1. The number of aromatic hydroxyl groups is 1. The number of carbonyl (C=O) groups excluding carboxylic acids is 5. The molecule has 4 atom stereocenters. The molecule has 0 bridgehead atoms. The predicted octanol–water partition coefficient (Wildman–Crippen LogP) is -4.00. The number of aliphatic imine (C=N–C) groups is 1. The van der Waals surface area contributed by atoms with E-state index < -0.39 is 66.1 Å². The van der Waals surface area contributed by atoms with Gasteiger partial charge in [0, 0.05) is 19.4 Å². The van der Waals surface area contributed by atoms with Crippen LogP contribution in [0, 0.1) is 0 Å². The van der Waals surface area contributed by atoms with Crippen LogP contribution < -0.4 is 44.6 Å². The van der Waals surface area contributed by atoms with Gasteiger partial charge in [-0.25, -0.2) is 4.79 Å². The Labute approximate surface area is 235 Å². The van der Waals surface area contributed by atoms with Crippen LogP contribution in [0.2, 0.25) is 0 Å². The summed E-state index contributed by atoms with van der Waals surface area (Å²) in [4.78, 5) is 77.0. The van der Waals surface area contributed by atoms with Crippen molar-refractivity contribution in [3.05, 3.63) is 29.8 Å².